The molecule has 0 amide bonds. The number of rotatable bonds is 5. The van der Waals surface area contributed by atoms with Gasteiger partial charge in [-0.05, 0) is 19.1 Å². The zero-order valence-electron chi connectivity index (χ0n) is 10.4. The summed E-state index contributed by atoms with van der Waals surface area (Å²) in [5.41, 5.74) is 5.92. The van der Waals surface area contributed by atoms with Gasteiger partial charge in [0.2, 0.25) is 0 Å². The smallest absolute Gasteiger partial charge is 0.339 e. The molecule has 2 aromatic rings. The number of anilines is 2. The highest BCUT2D eigenvalue weighted by Crippen LogP contribution is 2.16. The van der Waals surface area contributed by atoms with Gasteiger partial charge in [-0.1, -0.05) is 0 Å². The van der Waals surface area contributed by atoms with Crippen LogP contribution in [0.3, 0.4) is 0 Å². The second-order valence-electron chi connectivity index (χ2n) is 4.24. The Labute approximate surface area is 110 Å². The second kappa shape index (κ2) is 5.38. The molecule has 0 bridgehead atoms. The Hall–Kier alpha value is -2.57. The average Bonchev–Trinajstić information content (AvgIpc) is 2.83. The molecule has 0 aliphatic rings. The van der Waals surface area contributed by atoms with Crippen molar-refractivity contribution in [1.82, 2.24) is 14.8 Å². The molecule has 0 spiro atoms. The first kappa shape index (κ1) is 12.9. The first-order valence-electron chi connectivity index (χ1n) is 5.79. The number of carboxylic acids is 1. The van der Waals surface area contributed by atoms with E-state index in [2.05, 4.69) is 15.4 Å². The first-order chi connectivity index (χ1) is 9.06. The lowest BCUT2D eigenvalue weighted by atomic mass is 10.2. The molecular formula is C12H15N5O2. The van der Waals surface area contributed by atoms with Crippen molar-refractivity contribution in [2.24, 2.45) is 0 Å². The Balaban J connectivity index is 2.12. The molecule has 0 saturated heterocycles. The number of hydrogen-bond donors (Lipinski definition) is 3. The summed E-state index contributed by atoms with van der Waals surface area (Å²) < 4.78 is 1.76. The molecule has 1 unspecified atom stereocenters. The Morgan fingerprint density at radius 2 is 2.42 bits per heavy atom. The van der Waals surface area contributed by atoms with E-state index in [1.807, 2.05) is 19.2 Å². The molecule has 2 rings (SSSR count). The van der Waals surface area contributed by atoms with Gasteiger partial charge in [-0.3, -0.25) is 4.68 Å². The van der Waals surface area contributed by atoms with Crippen LogP contribution in [0.5, 0.6) is 0 Å². The van der Waals surface area contributed by atoms with Crippen LogP contribution in [-0.4, -0.2) is 31.9 Å². The SMILES string of the molecule is CC(Cn1cccn1)Nc1ncc(N)cc1C(=O)O. The van der Waals surface area contributed by atoms with Crippen molar-refractivity contribution >= 4 is 17.5 Å². The van der Waals surface area contributed by atoms with Crippen molar-refractivity contribution in [2.45, 2.75) is 19.5 Å². The normalized spacial score (nSPS) is 12.1. The van der Waals surface area contributed by atoms with E-state index < -0.39 is 5.97 Å². The minimum Gasteiger partial charge on any atom is -0.478 e. The fourth-order valence-corrected chi connectivity index (χ4v) is 1.73. The van der Waals surface area contributed by atoms with E-state index in [4.69, 9.17) is 10.8 Å². The van der Waals surface area contributed by atoms with Crippen LogP contribution in [0.15, 0.2) is 30.7 Å². The number of pyridine rings is 1. The summed E-state index contributed by atoms with van der Waals surface area (Å²) in [5, 5.41) is 16.2. The van der Waals surface area contributed by atoms with Crippen molar-refractivity contribution in [3.05, 3.63) is 36.3 Å². The van der Waals surface area contributed by atoms with Gasteiger partial charge in [0.05, 0.1) is 18.4 Å². The highest BCUT2D eigenvalue weighted by molar-refractivity contribution is 5.94. The van der Waals surface area contributed by atoms with Crippen LogP contribution in [0.1, 0.15) is 17.3 Å². The molecule has 0 fully saturated rings. The summed E-state index contributed by atoms with van der Waals surface area (Å²) >= 11 is 0. The largest absolute Gasteiger partial charge is 0.478 e. The molecule has 7 heteroatoms. The van der Waals surface area contributed by atoms with E-state index in [9.17, 15) is 4.79 Å². The van der Waals surface area contributed by atoms with E-state index in [0.29, 0.717) is 18.1 Å². The van der Waals surface area contributed by atoms with Gasteiger partial charge in [-0.2, -0.15) is 5.10 Å². The molecule has 0 radical (unpaired) electrons. The zero-order valence-corrected chi connectivity index (χ0v) is 10.4. The Kier molecular flexibility index (Phi) is 3.65. The minimum absolute atomic E-state index is 0.0193. The molecule has 2 aromatic heterocycles. The van der Waals surface area contributed by atoms with Crippen LogP contribution in [0.2, 0.25) is 0 Å². The maximum absolute atomic E-state index is 11.1. The molecule has 1 atom stereocenters. The lowest BCUT2D eigenvalue weighted by Crippen LogP contribution is -2.24. The fourth-order valence-electron chi connectivity index (χ4n) is 1.73. The standard InChI is InChI=1S/C12H15N5O2/c1-8(7-17-4-2-3-15-17)16-11-10(12(18)19)5-9(13)6-14-11/h2-6,8H,7,13H2,1H3,(H,14,16)(H,18,19). The lowest BCUT2D eigenvalue weighted by molar-refractivity contribution is 0.0697. The van der Waals surface area contributed by atoms with Gasteiger partial charge in [0, 0.05) is 18.4 Å². The predicted molar refractivity (Wildman–Crippen MR) is 70.9 cm³/mol. The van der Waals surface area contributed by atoms with Crippen LogP contribution in [-0.2, 0) is 6.54 Å². The molecule has 7 nitrogen and oxygen atoms in total. The van der Waals surface area contributed by atoms with Crippen molar-refractivity contribution in [2.75, 3.05) is 11.1 Å². The molecule has 0 aromatic carbocycles. The molecule has 4 N–H and O–H groups in total. The van der Waals surface area contributed by atoms with E-state index >= 15 is 0 Å². The predicted octanol–water partition coefficient (Wildman–Crippen LogP) is 1.06. The number of aromatic nitrogens is 3. The van der Waals surface area contributed by atoms with Crippen molar-refractivity contribution in [3.8, 4) is 0 Å². The van der Waals surface area contributed by atoms with Crippen LogP contribution in [0, 0.1) is 0 Å². The Morgan fingerprint density at radius 3 is 3.05 bits per heavy atom. The van der Waals surface area contributed by atoms with Crippen LogP contribution < -0.4 is 11.1 Å². The summed E-state index contributed by atoms with van der Waals surface area (Å²) in [6.07, 6.45) is 4.96. The van der Waals surface area contributed by atoms with Crippen molar-refractivity contribution < 1.29 is 9.90 Å². The van der Waals surface area contributed by atoms with Gasteiger partial charge in [-0.25, -0.2) is 9.78 Å². The molecule has 100 valence electrons. The molecule has 19 heavy (non-hydrogen) atoms. The summed E-state index contributed by atoms with van der Waals surface area (Å²) in [5.74, 6) is -0.755. The van der Waals surface area contributed by atoms with Gasteiger partial charge in [0.25, 0.3) is 0 Å². The number of carbonyl (C=O) groups is 1. The Bertz CT molecular complexity index is 568. The second-order valence-corrected chi connectivity index (χ2v) is 4.24. The number of nitrogens with zero attached hydrogens (tertiary/aromatic N) is 3. The monoisotopic (exact) mass is 261 g/mol. The van der Waals surface area contributed by atoms with E-state index in [1.165, 1.54) is 12.3 Å². The van der Waals surface area contributed by atoms with E-state index in [1.54, 1.807) is 10.9 Å². The first-order valence-corrected chi connectivity index (χ1v) is 5.79. The molecule has 0 aliphatic heterocycles. The van der Waals surface area contributed by atoms with Crippen molar-refractivity contribution in [1.29, 1.82) is 0 Å². The fraction of sp³-hybridized carbons (Fsp3) is 0.250. The number of nitrogens with two attached hydrogens (primary N) is 1. The maximum Gasteiger partial charge on any atom is 0.339 e. The summed E-state index contributed by atoms with van der Waals surface area (Å²) in [6.45, 7) is 2.53. The van der Waals surface area contributed by atoms with Gasteiger partial charge >= 0.3 is 5.97 Å². The molecular weight excluding hydrogens is 246 g/mol. The quantitative estimate of drug-likeness (QED) is 0.743. The van der Waals surface area contributed by atoms with Gasteiger partial charge in [0.15, 0.2) is 0 Å². The van der Waals surface area contributed by atoms with Gasteiger partial charge in [0.1, 0.15) is 11.4 Å². The number of aromatic carboxylic acids is 1. The van der Waals surface area contributed by atoms with E-state index in [0.717, 1.165) is 0 Å². The lowest BCUT2D eigenvalue weighted by Gasteiger charge is -2.16. The molecule has 2 heterocycles. The average molecular weight is 261 g/mol. The zero-order chi connectivity index (χ0) is 13.8. The third-order valence-corrected chi connectivity index (χ3v) is 2.54. The number of nitrogens with one attached hydrogen (secondary N) is 1. The third-order valence-electron chi connectivity index (χ3n) is 2.54. The van der Waals surface area contributed by atoms with Crippen LogP contribution in [0.4, 0.5) is 11.5 Å². The maximum atomic E-state index is 11.1. The minimum atomic E-state index is -1.06. The summed E-state index contributed by atoms with van der Waals surface area (Å²) in [4.78, 5) is 15.1. The van der Waals surface area contributed by atoms with E-state index in [-0.39, 0.29) is 11.6 Å². The molecule has 0 aliphatic carbocycles. The van der Waals surface area contributed by atoms with Gasteiger partial charge < -0.3 is 16.2 Å². The topological polar surface area (TPSA) is 106 Å². The van der Waals surface area contributed by atoms with Crippen LogP contribution >= 0.6 is 0 Å². The van der Waals surface area contributed by atoms with Gasteiger partial charge in [-0.15, -0.1) is 0 Å². The number of nitrogen functional groups attached to an aromatic ring is 1. The molecule has 0 saturated carbocycles. The highest BCUT2D eigenvalue weighted by Gasteiger charge is 2.14. The number of carboxylic acid groups (broad SMARTS) is 1. The van der Waals surface area contributed by atoms with Crippen molar-refractivity contribution in [3.63, 3.8) is 0 Å². The summed E-state index contributed by atoms with van der Waals surface area (Å²) in [7, 11) is 0. The van der Waals surface area contributed by atoms with Crippen LogP contribution in [0.25, 0.3) is 0 Å². The number of hydrogen-bond acceptors (Lipinski definition) is 5. The Morgan fingerprint density at radius 1 is 1.63 bits per heavy atom. The third kappa shape index (κ3) is 3.21. The summed E-state index contributed by atoms with van der Waals surface area (Å²) in [6, 6.07) is 3.20. The highest BCUT2D eigenvalue weighted by atomic mass is 16.4.